The Morgan fingerprint density at radius 1 is 1.09 bits per heavy atom. The van der Waals surface area contributed by atoms with Gasteiger partial charge in [-0.25, -0.2) is 0 Å². The van der Waals surface area contributed by atoms with Crippen molar-refractivity contribution in [2.24, 2.45) is 0 Å². The van der Waals surface area contributed by atoms with E-state index < -0.39 is 18.1 Å². The van der Waals surface area contributed by atoms with Gasteiger partial charge in [0.15, 0.2) is 0 Å². The van der Waals surface area contributed by atoms with Crippen LogP contribution in [-0.4, -0.2) is 39.2 Å². The van der Waals surface area contributed by atoms with Crippen molar-refractivity contribution in [2.75, 3.05) is 7.05 Å². The lowest BCUT2D eigenvalue weighted by Gasteiger charge is -2.29. The van der Waals surface area contributed by atoms with Crippen LogP contribution in [0.15, 0.2) is 48.5 Å². The molecule has 0 aliphatic carbocycles. The molecule has 5 heteroatoms. The predicted octanol–water partition coefficient (Wildman–Crippen LogP) is 2.29. The van der Waals surface area contributed by atoms with Gasteiger partial charge in [-0.05, 0) is 24.6 Å². The van der Waals surface area contributed by atoms with E-state index in [9.17, 15) is 20.1 Å². The third kappa shape index (κ3) is 3.20. The maximum absolute atomic E-state index is 12.4. The highest BCUT2D eigenvalue weighted by molar-refractivity contribution is 5.97. The number of phenolic OH excluding ortho intramolecular Hbond substituents is 2. The maximum atomic E-state index is 12.4. The molecule has 1 amide bonds. The van der Waals surface area contributed by atoms with Crippen LogP contribution in [0.4, 0.5) is 0 Å². The van der Waals surface area contributed by atoms with Gasteiger partial charge in [0.25, 0.3) is 5.91 Å². The summed E-state index contributed by atoms with van der Waals surface area (Å²) >= 11 is 0. The average molecular weight is 301 g/mol. The van der Waals surface area contributed by atoms with Gasteiger partial charge in [0.05, 0.1) is 17.7 Å². The number of amides is 1. The highest BCUT2D eigenvalue weighted by atomic mass is 16.3. The summed E-state index contributed by atoms with van der Waals surface area (Å²) in [6.45, 7) is 1.73. The lowest BCUT2D eigenvalue weighted by Crippen LogP contribution is -2.39. The first-order chi connectivity index (χ1) is 10.4. The molecule has 0 radical (unpaired) electrons. The van der Waals surface area contributed by atoms with Crippen LogP contribution in [0.1, 0.15) is 28.9 Å². The molecule has 2 rings (SSSR count). The van der Waals surface area contributed by atoms with Crippen molar-refractivity contribution in [3.8, 4) is 11.5 Å². The van der Waals surface area contributed by atoms with Crippen LogP contribution in [0.2, 0.25) is 0 Å². The van der Waals surface area contributed by atoms with E-state index in [4.69, 9.17) is 0 Å². The zero-order valence-electron chi connectivity index (χ0n) is 12.5. The molecule has 0 heterocycles. The smallest absolute Gasteiger partial charge is 0.257 e. The molecule has 0 aromatic heterocycles. The quantitative estimate of drug-likeness (QED) is 0.809. The molecule has 0 fully saturated rings. The molecule has 0 aliphatic heterocycles. The SMILES string of the molecule is C[C@H]([C@@H](O)c1ccccc1)N(C)C(=O)c1ccc(O)cc1O. The molecule has 2 aromatic rings. The average Bonchev–Trinajstić information content (AvgIpc) is 2.53. The summed E-state index contributed by atoms with van der Waals surface area (Å²) in [6.07, 6.45) is -0.839. The second-order valence-corrected chi connectivity index (χ2v) is 5.21. The topological polar surface area (TPSA) is 81.0 Å². The molecule has 2 atom stereocenters. The van der Waals surface area contributed by atoms with Gasteiger partial charge < -0.3 is 20.2 Å². The Kier molecular flexibility index (Phi) is 4.68. The largest absolute Gasteiger partial charge is 0.508 e. The van der Waals surface area contributed by atoms with Gasteiger partial charge in [-0.15, -0.1) is 0 Å². The normalized spacial score (nSPS) is 13.4. The number of hydrogen-bond acceptors (Lipinski definition) is 4. The molecule has 5 nitrogen and oxygen atoms in total. The van der Waals surface area contributed by atoms with Gasteiger partial charge in [-0.3, -0.25) is 4.79 Å². The van der Waals surface area contributed by atoms with Crippen molar-refractivity contribution in [2.45, 2.75) is 19.1 Å². The first-order valence-corrected chi connectivity index (χ1v) is 6.94. The Hall–Kier alpha value is -2.53. The number of carbonyl (C=O) groups is 1. The molecule has 22 heavy (non-hydrogen) atoms. The van der Waals surface area contributed by atoms with E-state index in [1.54, 1.807) is 26.1 Å². The Morgan fingerprint density at radius 3 is 2.32 bits per heavy atom. The van der Waals surface area contributed by atoms with E-state index >= 15 is 0 Å². The fourth-order valence-electron chi connectivity index (χ4n) is 2.22. The summed E-state index contributed by atoms with van der Waals surface area (Å²) in [7, 11) is 1.56. The maximum Gasteiger partial charge on any atom is 0.257 e. The van der Waals surface area contributed by atoms with Crippen LogP contribution < -0.4 is 0 Å². The third-order valence-electron chi connectivity index (χ3n) is 3.74. The number of rotatable bonds is 4. The first-order valence-electron chi connectivity index (χ1n) is 6.94. The van der Waals surface area contributed by atoms with E-state index in [1.807, 2.05) is 18.2 Å². The molecule has 0 saturated heterocycles. The van der Waals surface area contributed by atoms with Crippen molar-refractivity contribution in [1.29, 1.82) is 0 Å². The lowest BCUT2D eigenvalue weighted by molar-refractivity contribution is 0.0484. The molecule has 116 valence electrons. The number of nitrogens with zero attached hydrogens (tertiary/aromatic N) is 1. The molecular formula is C17H19NO4. The van der Waals surface area contributed by atoms with Gasteiger partial charge in [-0.1, -0.05) is 30.3 Å². The Labute approximate surface area is 129 Å². The molecule has 2 aromatic carbocycles. The highest BCUT2D eigenvalue weighted by Gasteiger charge is 2.26. The van der Waals surface area contributed by atoms with Crippen molar-refractivity contribution in [1.82, 2.24) is 4.90 Å². The molecule has 0 aliphatic rings. The number of aliphatic hydroxyl groups excluding tert-OH is 1. The number of carbonyl (C=O) groups excluding carboxylic acids is 1. The number of aliphatic hydroxyl groups is 1. The van der Waals surface area contributed by atoms with E-state index in [2.05, 4.69) is 0 Å². The Bertz CT molecular complexity index is 657. The monoisotopic (exact) mass is 301 g/mol. The molecule has 0 spiro atoms. The van der Waals surface area contributed by atoms with E-state index in [1.165, 1.54) is 17.0 Å². The first kappa shape index (κ1) is 15.9. The number of benzene rings is 2. The second kappa shape index (κ2) is 6.49. The minimum absolute atomic E-state index is 0.0763. The van der Waals surface area contributed by atoms with E-state index in [-0.39, 0.29) is 17.1 Å². The zero-order chi connectivity index (χ0) is 16.3. The van der Waals surface area contributed by atoms with E-state index in [0.717, 1.165) is 6.07 Å². The summed E-state index contributed by atoms with van der Waals surface area (Å²) in [4.78, 5) is 13.8. The van der Waals surface area contributed by atoms with Gasteiger partial charge in [-0.2, -0.15) is 0 Å². The van der Waals surface area contributed by atoms with Crippen molar-refractivity contribution < 1.29 is 20.1 Å². The molecule has 0 saturated carbocycles. The van der Waals surface area contributed by atoms with E-state index in [0.29, 0.717) is 5.56 Å². The number of hydrogen-bond donors (Lipinski definition) is 3. The number of aromatic hydroxyl groups is 2. The third-order valence-corrected chi connectivity index (χ3v) is 3.74. The minimum atomic E-state index is -0.839. The number of likely N-dealkylation sites (N-methyl/N-ethyl adjacent to an activating group) is 1. The van der Waals surface area contributed by atoms with Gasteiger partial charge in [0.2, 0.25) is 0 Å². The molecule has 0 unspecified atom stereocenters. The standard InChI is InChI=1S/C17H19NO4/c1-11(16(21)12-6-4-3-5-7-12)18(2)17(22)14-9-8-13(19)10-15(14)20/h3-11,16,19-21H,1-2H3/t11-,16-/m1/s1. The highest BCUT2D eigenvalue weighted by Crippen LogP contribution is 2.26. The van der Waals surface area contributed by atoms with Gasteiger partial charge in [0.1, 0.15) is 11.5 Å². The lowest BCUT2D eigenvalue weighted by atomic mass is 10.0. The summed E-state index contributed by atoms with van der Waals surface area (Å²) in [5.74, 6) is -0.840. The van der Waals surface area contributed by atoms with Crippen molar-refractivity contribution in [3.63, 3.8) is 0 Å². The fourth-order valence-corrected chi connectivity index (χ4v) is 2.22. The number of phenols is 2. The fraction of sp³-hybridized carbons (Fsp3) is 0.235. The molecule has 0 bridgehead atoms. The minimum Gasteiger partial charge on any atom is -0.508 e. The summed E-state index contributed by atoms with van der Waals surface area (Å²) in [5.41, 5.74) is 0.789. The summed E-state index contributed by atoms with van der Waals surface area (Å²) < 4.78 is 0. The predicted molar refractivity (Wildman–Crippen MR) is 82.7 cm³/mol. The van der Waals surface area contributed by atoms with Crippen LogP contribution in [0, 0.1) is 0 Å². The van der Waals surface area contributed by atoms with Crippen LogP contribution in [0.25, 0.3) is 0 Å². The van der Waals surface area contributed by atoms with Crippen molar-refractivity contribution >= 4 is 5.91 Å². The molecular weight excluding hydrogens is 282 g/mol. The summed E-state index contributed by atoms with van der Waals surface area (Å²) in [6, 6.07) is 12.4. The Morgan fingerprint density at radius 2 is 1.73 bits per heavy atom. The van der Waals surface area contributed by atoms with Crippen LogP contribution in [-0.2, 0) is 0 Å². The Balaban J connectivity index is 2.19. The van der Waals surface area contributed by atoms with Crippen LogP contribution >= 0.6 is 0 Å². The second-order valence-electron chi connectivity index (χ2n) is 5.21. The molecule has 3 N–H and O–H groups in total. The van der Waals surface area contributed by atoms with Crippen LogP contribution in [0.3, 0.4) is 0 Å². The zero-order valence-corrected chi connectivity index (χ0v) is 12.5. The van der Waals surface area contributed by atoms with Crippen LogP contribution in [0.5, 0.6) is 11.5 Å². The van der Waals surface area contributed by atoms with Crippen molar-refractivity contribution in [3.05, 3.63) is 59.7 Å². The van der Waals surface area contributed by atoms with Gasteiger partial charge in [0, 0.05) is 13.1 Å². The van der Waals surface area contributed by atoms with Gasteiger partial charge >= 0.3 is 0 Å². The summed E-state index contributed by atoms with van der Waals surface area (Å²) in [5, 5.41) is 29.4.